The summed E-state index contributed by atoms with van der Waals surface area (Å²) >= 11 is 0. The van der Waals surface area contributed by atoms with E-state index in [4.69, 9.17) is 10.3 Å². The molecule has 1 heterocycles. The Morgan fingerprint density at radius 2 is 2.33 bits per heavy atom. The molecule has 0 amide bonds. The van der Waals surface area contributed by atoms with Gasteiger partial charge in [-0.1, -0.05) is 18.5 Å². The maximum atomic E-state index is 5.74. The first kappa shape index (κ1) is 10.6. The molecule has 2 rings (SSSR count). The van der Waals surface area contributed by atoms with E-state index in [2.05, 4.69) is 17.1 Å². The van der Waals surface area contributed by atoms with Crippen molar-refractivity contribution < 1.29 is 4.52 Å². The SMILES string of the molecule is CCCc1noc(C2CCCC2CN)n1. The molecule has 0 aromatic carbocycles. The Balaban J connectivity index is 2.07. The highest BCUT2D eigenvalue weighted by Crippen LogP contribution is 2.38. The van der Waals surface area contributed by atoms with Crippen molar-refractivity contribution in [3.8, 4) is 0 Å². The van der Waals surface area contributed by atoms with Crippen LogP contribution in [0.1, 0.15) is 50.2 Å². The Morgan fingerprint density at radius 1 is 1.47 bits per heavy atom. The monoisotopic (exact) mass is 209 g/mol. The summed E-state index contributed by atoms with van der Waals surface area (Å²) in [6, 6.07) is 0. The molecule has 1 saturated carbocycles. The summed E-state index contributed by atoms with van der Waals surface area (Å²) in [5.41, 5.74) is 5.74. The van der Waals surface area contributed by atoms with Gasteiger partial charge in [-0.2, -0.15) is 4.98 Å². The number of aryl methyl sites for hydroxylation is 1. The largest absolute Gasteiger partial charge is 0.339 e. The standard InChI is InChI=1S/C11H19N3O/c1-2-4-10-13-11(15-14-10)9-6-3-5-8(9)7-12/h8-9H,2-7,12H2,1H3. The zero-order valence-electron chi connectivity index (χ0n) is 9.28. The van der Waals surface area contributed by atoms with Gasteiger partial charge in [-0.15, -0.1) is 0 Å². The molecule has 4 nitrogen and oxygen atoms in total. The fourth-order valence-electron chi connectivity index (χ4n) is 2.39. The molecule has 15 heavy (non-hydrogen) atoms. The molecule has 0 spiro atoms. The van der Waals surface area contributed by atoms with Crippen LogP contribution in [0.4, 0.5) is 0 Å². The number of nitrogens with zero attached hydrogens (tertiary/aromatic N) is 2. The molecular formula is C11H19N3O. The van der Waals surface area contributed by atoms with Crippen LogP contribution < -0.4 is 5.73 Å². The maximum absolute atomic E-state index is 5.74. The van der Waals surface area contributed by atoms with Gasteiger partial charge in [0.2, 0.25) is 5.89 Å². The highest BCUT2D eigenvalue weighted by atomic mass is 16.5. The minimum atomic E-state index is 0.410. The van der Waals surface area contributed by atoms with Gasteiger partial charge in [0.1, 0.15) is 0 Å². The van der Waals surface area contributed by atoms with Gasteiger partial charge in [-0.3, -0.25) is 0 Å². The Hall–Kier alpha value is -0.900. The number of hydrogen-bond donors (Lipinski definition) is 1. The van der Waals surface area contributed by atoms with E-state index in [1.807, 2.05) is 0 Å². The van der Waals surface area contributed by atoms with Crippen molar-refractivity contribution in [2.75, 3.05) is 6.54 Å². The molecule has 4 heteroatoms. The third kappa shape index (κ3) is 2.20. The lowest BCUT2D eigenvalue weighted by Gasteiger charge is -2.12. The Labute approximate surface area is 90.2 Å². The summed E-state index contributed by atoms with van der Waals surface area (Å²) in [5, 5.41) is 3.99. The second-order valence-corrected chi connectivity index (χ2v) is 4.33. The van der Waals surface area contributed by atoms with E-state index in [0.717, 1.165) is 37.5 Å². The van der Waals surface area contributed by atoms with E-state index in [1.54, 1.807) is 0 Å². The molecule has 1 aliphatic carbocycles. The fourth-order valence-corrected chi connectivity index (χ4v) is 2.39. The molecule has 2 unspecified atom stereocenters. The second kappa shape index (κ2) is 4.75. The summed E-state index contributed by atoms with van der Waals surface area (Å²) in [6.45, 7) is 2.85. The van der Waals surface area contributed by atoms with Crippen LogP contribution in [0.15, 0.2) is 4.52 Å². The molecule has 1 aromatic rings. The van der Waals surface area contributed by atoms with E-state index in [-0.39, 0.29) is 0 Å². The molecule has 1 aromatic heterocycles. The molecule has 0 bridgehead atoms. The molecule has 0 aliphatic heterocycles. The summed E-state index contributed by atoms with van der Waals surface area (Å²) in [5.74, 6) is 2.61. The number of hydrogen-bond acceptors (Lipinski definition) is 4. The van der Waals surface area contributed by atoms with Crippen molar-refractivity contribution in [2.45, 2.75) is 44.9 Å². The molecule has 2 N–H and O–H groups in total. The van der Waals surface area contributed by atoms with Crippen LogP contribution in [0.2, 0.25) is 0 Å². The van der Waals surface area contributed by atoms with Crippen molar-refractivity contribution in [2.24, 2.45) is 11.7 Å². The third-order valence-corrected chi connectivity index (χ3v) is 3.24. The summed E-state index contributed by atoms with van der Waals surface area (Å²) in [6.07, 6.45) is 5.55. The number of aromatic nitrogens is 2. The molecule has 0 saturated heterocycles. The average molecular weight is 209 g/mol. The highest BCUT2D eigenvalue weighted by molar-refractivity contribution is 5.00. The summed E-state index contributed by atoms with van der Waals surface area (Å²) < 4.78 is 5.32. The van der Waals surface area contributed by atoms with Gasteiger partial charge in [0.05, 0.1) is 0 Å². The van der Waals surface area contributed by atoms with E-state index in [0.29, 0.717) is 11.8 Å². The molecule has 1 aliphatic rings. The van der Waals surface area contributed by atoms with Crippen molar-refractivity contribution in [1.82, 2.24) is 10.1 Å². The molecule has 2 atom stereocenters. The first-order chi connectivity index (χ1) is 7.35. The van der Waals surface area contributed by atoms with Crippen molar-refractivity contribution in [1.29, 1.82) is 0 Å². The van der Waals surface area contributed by atoms with Gasteiger partial charge in [0.25, 0.3) is 0 Å². The average Bonchev–Trinajstić information content (AvgIpc) is 2.84. The molecule has 1 fully saturated rings. The van der Waals surface area contributed by atoms with Crippen LogP contribution in [-0.2, 0) is 6.42 Å². The van der Waals surface area contributed by atoms with Gasteiger partial charge in [0, 0.05) is 12.3 Å². The van der Waals surface area contributed by atoms with Crippen molar-refractivity contribution in [3.05, 3.63) is 11.7 Å². The quantitative estimate of drug-likeness (QED) is 0.822. The van der Waals surface area contributed by atoms with Gasteiger partial charge < -0.3 is 10.3 Å². The maximum Gasteiger partial charge on any atom is 0.230 e. The number of rotatable bonds is 4. The lowest BCUT2D eigenvalue weighted by molar-refractivity contribution is 0.323. The predicted molar refractivity (Wildman–Crippen MR) is 57.4 cm³/mol. The van der Waals surface area contributed by atoms with Crippen molar-refractivity contribution in [3.63, 3.8) is 0 Å². The first-order valence-corrected chi connectivity index (χ1v) is 5.87. The zero-order chi connectivity index (χ0) is 10.7. The molecular weight excluding hydrogens is 190 g/mol. The van der Waals surface area contributed by atoms with E-state index in [1.165, 1.54) is 12.8 Å². The van der Waals surface area contributed by atoms with Crippen LogP contribution in [0.25, 0.3) is 0 Å². The fraction of sp³-hybridized carbons (Fsp3) is 0.818. The van der Waals surface area contributed by atoms with Gasteiger partial charge in [-0.05, 0) is 31.7 Å². The zero-order valence-corrected chi connectivity index (χ0v) is 9.28. The van der Waals surface area contributed by atoms with E-state index < -0.39 is 0 Å². The number of nitrogens with two attached hydrogens (primary N) is 1. The third-order valence-electron chi connectivity index (χ3n) is 3.24. The van der Waals surface area contributed by atoms with Crippen molar-refractivity contribution >= 4 is 0 Å². The van der Waals surface area contributed by atoms with Crippen LogP contribution in [0, 0.1) is 5.92 Å². The molecule has 84 valence electrons. The predicted octanol–water partition coefficient (Wildman–Crippen LogP) is 1.86. The second-order valence-electron chi connectivity index (χ2n) is 4.33. The Kier molecular flexibility index (Phi) is 3.36. The smallest absolute Gasteiger partial charge is 0.230 e. The summed E-state index contributed by atoms with van der Waals surface area (Å²) in [4.78, 5) is 4.45. The highest BCUT2D eigenvalue weighted by Gasteiger charge is 2.31. The van der Waals surface area contributed by atoms with Crippen LogP contribution >= 0.6 is 0 Å². The normalized spacial score (nSPS) is 26.0. The lowest BCUT2D eigenvalue weighted by Crippen LogP contribution is -2.17. The topological polar surface area (TPSA) is 64.9 Å². The van der Waals surface area contributed by atoms with E-state index >= 15 is 0 Å². The Bertz CT molecular complexity index is 311. The lowest BCUT2D eigenvalue weighted by atomic mass is 9.96. The van der Waals surface area contributed by atoms with Crippen LogP contribution in [0.5, 0.6) is 0 Å². The summed E-state index contributed by atoms with van der Waals surface area (Å²) in [7, 11) is 0. The van der Waals surface area contributed by atoms with Gasteiger partial charge in [0.15, 0.2) is 5.82 Å². The van der Waals surface area contributed by atoms with E-state index in [9.17, 15) is 0 Å². The van der Waals surface area contributed by atoms with Crippen LogP contribution in [0.3, 0.4) is 0 Å². The Morgan fingerprint density at radius 3 is 3.07 bits per heavy atom. The van der Waals surface area contributed by atoms with Gasteiger partial charge in [-0.25, -0.2) is 0 Å². The minimum absolute atomic E-state index is 0.410. The first-order valence-electron chi connectivity index (χ1n) is 5.87. The van der Waals surface area contributed by atoms with Crippen LogP contribution in [-0.4, -0.2) is 16.7 Å². The van der Waals surface area contributed by atoms with Gasteiger partial charge >= 0.3 is 0 Å². The minimum Gasteiger partial charge on any atom is -0.339 e. The molecule has 0 radical (unpaired) electrons.